The second-order valence-electron chi connectivity index (χ2n) is 5.26. The normalized spacial score (nSPS) is 16.3. The van der Waals surface area contributed by atoms with Crippen LogP contribution in [0.5, 0.6) is 0 Å². The molecule has 0 saturated carbocycles. The molecule has 0 saturated heterocycles. The predicted molar refractivity (Wildman–Crippen MR) is 76.8 cm³/mol. The molecule has 0 aliphatic heterocycles. The predicted octanol–water partition coefficient (Wildman–Crippen LogP) is 3.69. The van der Waals surface area contributed by atoms with Gasteiger partial charge in [0.25, 0.3) is 0 Å². The third-order valence-corrected chi connectivity index (χ3v) is 3.35. The Morgan fingerprint density at radius 2 is 1.65 bits per heavy atom. The number of nitrogens with zero attached hydrogens (tertiary/aromatic N) is 2. The Labute approximate surface area is 117 Å². The van der Waals surface area contributed by atoms with E-state index < -0.39 is 0 Å². The van der Waals surface area contributed by atoms with E-state index in [4.69, 9.17) is 0 Å². The number of aliphatic imine (C=N–C) groups is 2. The van der Waals surface area contributed by atoms with Crippen molar-refractivity contribution in [2.24, 2.45) is 15.4 Å². The summed E-state index contributed by atoms with van der Waals surface area (Å²) in [5.74, 6) is 0. The summed E-state index contributed by atoms with van der Waals surface area (Å²) in [4.78, 5) is 27.9. The molecular weight excluding hydrogens is 252 g/mol. The van der Waals surface area contributed by atoms with Gasteiger partial charge < -0.3 is 0 Å². The Kier molecular flexibility index (Phi) is 3.90. The van der Waals surface area contributed by atoms with Crippen LogP contribution in [0.2, 0.25) is 0 Å². The Morgan fingerprint density at radius 3 is 2.20 bits per heavy atom. The van der Waals surface area contributed by atoms with Crippen molar-refractivity contribution < 1.29 is 9.59 Å². The fourth-order valence-corrected chi connectivity index (χ4v) is 2.27. The molecule has 1 aromatic carbocycles. The molecule has 1 aliphatic rings. The van der Waals surface area contributed by atoms with E-state index >= 15 is 0 Å². The van der Waals surface area contributed by atoms with E-state index in [2.05, 4.69) is 9.98 Å². The fraction of sp³-hybridized carbons (Fsp3) is 0.250. The maximum atomic E-state index is 10.4. The zero-order valence-corrected chi connectivity index (χ0v) is 11.4. The summed E-state index contributed by atoms with van der Waals surface area (Å²) < 4.78 is 0. The van der Waals surface area contributed by atoms with Crippen LogP contribution in [-0.4, -0.2) is 12.2 Å². The van der Waals surface area contributed by atoms with E-state index in [9.17, 15) is 9.59 Å². The van der Waals surface area contributed by atoms with Crippen LogP contribution in [0.3, 0.4) is 0 Å². The lowest BCUT2D eigenvalue weighted by Gasteiger charge is -2.29. The first-order valence-electron chi connectivity index (χ1n) is 6.24. The highest BCUT2D eigenvalue weighted by atomic mass is 16.1. The van der Waals surface area contributed by atoms with Crippen LogP contribution in [0.1, 0.15) is 25.8 Å². The molecule has 4 nitrogen and oxygen atoms in total. The molecule has 0 N–H and O–H groups in total. The lowest BCUT2D eigenvalue weighted by atomic mass is 9.77. The van der Waals surface area contributed by atoms with Crippen LogP contribution >= 0.6 is 0 Å². The van der Waals surface area contributed by atoms with Crippen LogP contribution in [0.15, 0.2) is 52.1 Å². The second-order valence-corrected chi connectivity index (χ2v) is 5.26. The van der Waals surface area contributed by atoms with E-state index in [1.807, 2.05) is 38.1 Å². The molecule has 0 amide bonds. The van der Waals surface area contributed by atoms with Gasteiger partial charge in [0, 0.05) is 5.41 Å². The van der Waals surface area contributed by atoms with Crippen molar-refractivity contribution in [1.82, 2.24) is 0 Å². The summed E-state index contributed by atoms with van der Waals surface area (Å²) in [6, 6.07) is 7.38. The standard InChI is InChI=1S/C16H14N2O2/c1-16(2)9-13(5-8-15(16)18-11-20)12-3-6-14(7-4-12)17-10-19/h3-8H,9H2,1-2H3. The third kappa shape index (κ3) is 2.89. The molecule has 0 spiro atoms. The number of hydrogen-bond donors (Lipinski definition) is 0. The number of hydrogen-bond acceptors (Lipinski definition) is 4. The zero-order chi connectivity index (χ0) is 14.6. The number of benzene rings is 1. The smallest absolute Gasteiger partial charge is 0.211 e. The Bertz CT molecular complexity index is 669. The number of carbonyl (C=O) groups excluding carboxylic acids is 2. The van der Waals surface area contributed by atoms with Gasteiger partial charge in [-0.25, -0.2) is 9.59 Å². The third-order valence-electron chi connectivity index (χ3n) is 3.35. The van der Waals surface area contributed by atoms with Gasteiger partial charge >= 0.3 is 0 Å². The van der Waals surface area contributed by atoms with Gasteiger partial charge in [0.05, 0.1) is 11.4 Å². The van der Waals surface area contributed by atoms with Gasteiger partial charge in [-0.15, -0.1) is 0 Å². The van der Waals surface area contributed by atoms with Gasteiger partial charge in [0.15, 0.2) is 0 Å². The molecule has 1 aromatic rings. The molecule has 0 atom stereocenters. The monoisotopic (exact) mass is 266 g/mol. The van der Waals surface area contributed by atoms with Crippen molar-refractivity contribution in [3.63, 3.8) is 0 Å². The Morgan fingerprint density at radius 1 is 1.00 bits per heavy atom. The number of isocyanates is 2. The van der Waals surface area contributed by atoms with Crippen LogP contribution < -0.4 is 0 Å². The maximum Gasteiger partial charge on any atom is 0.240 e. The highest BCUT2D eigenvalue weighted by Gasteiger charge is 2.27. The van der Waals surface area contributed by atoms with Crippen LogP contribution in [0, 0.1) is 5.41 Å². The molecule has 0 aromatic heterocycles. The van der Waals surface area contributed by atoms with Crippen molar-refractivity contribution in [3.8, 4) is 0 Å². The molecule has 0 unspecified atom stereocenters. The summed E-state index contributed by atoms with van der Waals surface area (Å²) in [6.07, 6.45) is 7.70. The molecule has 1 aliphatic carbocycles. The maximum absolute atomic E-state index is 10.4. The minimum absolute atomic E-state index is 0.207. The molecule has 4 heteroatoms. The lowest BCUT2D eigenvalue weighted by Crippen LogP contribution is -2.17. The van der Waals surface area contributed by atoms with Gasteiger partial charge in [-0.3, -0.25) is 0 Å². The van der Waals surface area contributed by atoms with Gasteiger partial charge in [0.2, 0.25) is 12.2 Å². The second kappa shape index (κ2) is 5.62. The van der Waals surface area contributed by atoms with E-state index in [1.165, 1.54) is 6.08 Å². The number of allylic oxidation sites excluding steroid dienone is 4. The summed E-state index contributed by atoms with van der Waals surface area (Å²) >= 11 is 0. The number of rotatable bonds is 3. The fourth-order valence-electron chi connectivity index (χ4n) is 2.27. The lowest BCUT2D eigenvalue weighted by molar-refractivity contribution is 0.449. The molecular formula is C16H14N2O2. The Balaban J connectivity index is 2.34. The minimum Gasteiger partial charge on any atom is -0.211 e. The van der Waals surface area contributed by atoms with Crippen LogP contribution in [0.25, 0.3) is 5.57 Å². The van der Waals surface area contributed by atoms with Crippen molar-refractivity contribution in [1.29, 1.82) is 0 Å². The summed E-state index contributed by atoms with van der Waals surface area (Å²) in [5, 5.41) is 0. The average molecular weight is 266 g/mol. The first-order valence-corrected chi connectivity index (χ1v) is 6.24. The first kappa shape index (κ1) is 13.9. The van der Waals surface area contributed by atoms with Crippen molar-refractivity contribution in [2.45, 2.75) is 20.3 Å². The van der Waals surface area contributed by atoms with Gasteiger partial charge in [-0.05, 0) is 35.8 Å². The quantitative estimate of drug-likeness (QED) is 0.618. The minimum atomic E-state index is -0.207. The molecule has 0 bridgehead atoms. The van der Waals surface area contributed by atoms with E-state index in [-0.39, 0.29) is 5.41 Å². The highest BCUT2D eigenvalue weighted by molar-refractivity contribution is 5.71. The molecule has 20 heavy (non-hydrogen) atoms. The van der Waals surface area contributed by atoms with E-state index in [0.29, 0.717) is 5.69 Å². The summed E-state index contributed by atoms with van der Waals surface area (Å²) in [5.41, 5.74) is 3.33. The van der Waals surface area contributed by atoms with E-state index in [0.717, 1.165) is 23.3 Å². The molecule has 2 rings (SSSR count). The molecule has 0 fully saturated rings. The summed E-state index contributed by atoms with van der Waals surface area (Å²) in [7, 11) is 0. The topological polar surface area (TPSA) is 58.9 Å². The van der Waals surface area contributed by atoms with Gasteiger partial charge in [-0.1, -0.05) is 32.1 Å². The SMILES string of the molecule is CC1(C)CC(c2ccc(N=C=O)cc2)=CC=C1N=C=O. The summed E-state index contributed by atoms with van der Waals surface area (Å²) in [6.45, 7) is 4.08. The molecule has 0 heterocycles. The van der Waals surface area contributed by atoms with E-state index in [1.54, 1.807) is 18.2 Å². The van der Waals surface area contributed by atoms with Crippen LogP contribution in [-0.2, 0) is 9.59 Å². The van der Waals surface area contributed by atoms with Crippen molar-refractivity contribution >= 4 is 23.4 Å². The van der Waals surface area contributed by atoms with Crippen LogP contribution in [0.4, 0.5) is 5.69 Å². The first-order chi connectivity index (χ1) is 9.56. The molecule has 0 radical (unpaired) electrons. The van der Waals surface area contributed by atoms with Crippen molar-refractivity contribution in [3.05, 3.63) is 47.7 Å². The highest BCUT2D eigenvalue weighted by Crippen LogP contribution is 2.41. The Hall–Kier alpha value is -2.54. The molecule has 100 valence electrons. The largest absolute Gasteiger partial charge is 0.240 e. The average Bonchev–Trinajstić information content (AvgIpc) is 2.42. The zero-order valence-electron chi connectivity index (χ0n) is 11.4. The van der Waals surface area contributed by atoms with Gasteiger partial charge in [0.1, 0.15) is 0 Å². The van der Waals surface area contributed by atoms with Gasteiger partial charge in [-0.2, -0.15) is 9.98 Å². The van der Waals surface area contributed by atoms with Crippen molar-refractivity contribution in [2.75, 3.05) is 0 Å².